The van der Waals surface area contributed by atoms with Crippen molar-refractivity contribution in [1.82, 2.24) is 0 Å². The first-order valence-electron chi connectivity index (χ1n) is 7.57. The first kappa shape index (κ1) is 23.7. The number of rotatable bonds is 13. The molecule has 1 unspecified atom stereocenters. The fraction of sp³-hybridized carbons (Fsp3) is 0.643. The average Bonchev–Trinajstić information content (AvgIpc) is 2.48. The maximum atomic E-state index is 10.9. The molecule has 0 amide bonds. The van der Waals surface area contributed by atoms with Gasteiger partial charge in [-0.15, -0.1) is 6.58 Å². The van der Waals surface area contributed by atoms with Crippen molar-refractivity contribution in [2.45, 2.75) is 38.8 Å². The normalized spacial score (nSPS) is 13.4. The average molecular weight is 405 g/mol. The molecule has 0 aliphatic rings. The summed E-state index contributed by atoms with van der Waals surface area (Å²) >= 11 is 0. The number of aliphatic hydroxyl groups is 1. The summed E-state index contributed by atoms with van der Waals surface area (Å²) in [5.74, 6) is -0.563. The second-order valence-electron chi connectivity index (χ2n) is 6.55. The summed E-state index contributed by atoms with van der Waals surface area (Å²) in [7, 11) is -3.11. The van der Waals surface area contributed by atoms with Crippen LogP contribution in [-0.2, 0) is 22.5 Å². The zero-order valence-corrected chi connectivity index (χ0v) is 19.2. The van der Waals surface area contributed by atoms with Gasteiger partial charge in [0, 0.05) is 6.08 Å². The molecule has 0 heterocycles. The summed E-state index contributed by atoms with van der Waals surface area (Å²) in [6.07, 6.45) is 0.578. The zero-order valence-electron chi connectivity index (χ0n) is 15.2. The summed E-state index contributed by atoms with van der Waals surface area (Å²) in [5, 5.41) is 9.60. The van der Waals surface area contributed by atoms with Gasteiger partial charge in [0.2, 0.25) is 19.5 Å². The topological polar surface area (TPSA) is 74.2 Å². The van der Waals surface area contributed by atoms with Crippen LogP contribution in [0.4, 0.5) is 0 Å². The fourth-order valence-electron chi connectivity index (χ4n) is 1.13. The summed E-state index contributed by atoms with van der Waals surface area (Å²) in [5.41, 5.74) is 0. The van der Waals surface area contributed by atoms with Gasteiger partial charge in [-0.3, -0.25) is 0 Å². The second kappa shape index (κ2) is 11.3. The van der Waals surface area contributed by atoms with Crippen LogP contribution in [-0.4, -0.2) is 72.8 Å². The van der Waals surface area contributed by atoms with Gasteiger partial charge in [-0.1, -0.05) is 6.58 Å². The first-order valence-corrected chi connectivity index (χ1v) is 15.9. The molecule has 0 bridgehead atoms. The summed E-state index contributed by atoms with van der Waals surface area (Å²) < 4.78 is 21.9. The number of aliphatic hydroxyl groups excluding tert-OH is 1. The Morgan fingerprint density at radius 1 is 1.21 bits per heavy atom. The standard InChI is InChI=1S/C14H28O6Si4/c1-8-14(16)18-10-13(15)9-17-11-21-19-24(6,7)12(2)22-20-23(3,4)5/h8,13,15H,1-2,9-11H2,3-7H3. The van der Waals surface area contributed by atoms with Crippen molar-refractivity contribution in [1.29, 1.82) is 0 Å². The third kappa shape index (κ3) is 12.1. The monoisotopic (exact) mass is 404 g/mol. The lowest BCUT2D eigenvalue weighted by molar-refractivity contribution is -0.141. The van der Waals surface area contributed by atoms with Crippen molar-refractivity contribution in [2.75, 3.05) is 19.4 Å². The van der Waals surface area contributed by atoms with Crippen molar-refractivity contribution in [3.05, 3.63) is 24.1 Å². The molecule has 24 heavy (non-hydrogen) atoms. The Bertz CT molecular complexity index is 422. The molecule has 0 aliphatic carbocycles. The maximum Gasteiger partial charge on any atom is 0.330 e. The van der Waals surface area contributed by atoms with Crippen LogP contribution in [0.15, 0.2) is 24.1 Å². The van der Waals surface area contributed by atoms with Gasteiger partial charge in [-0.25, -0.2) is 4.79 Å². The highest BCUT2D eigenvalue weighted by molar-refractivity contribution is 6.92. The minimum atomic E-state index is -2.01. The molecule has 136 valence electrons. The number of hydrogen-bond donors (Lipinski definition) is 1. The molecule has 0 aromatic heterocycles. The van der Waals surface area contributed by atoms with Crippen LogP contribution in [0, 0.1) is 0 Å². The molecule has 4 radical (unpaired) electrons. The lowest BCUT2D eigenvalue weighted by Crippen LogP contribution is -2.41. The summed E-state index contributed by atoms with van der Waals surface area (Å²) in [6.45, 7) is 18.0. The Hall–Kier alpha value is -0.342. The van der Waals surface area contributed by atoms with Gasteiger partial charge in [0.15, 0.2) is 16.6 Å². The number of ether oxygens (including phenoxy) is 2. The van der Waals surface area contributed by atoms with Crippen LogP contribution >= 0.6 is 0 Å². The van der Waals surface area contributed by atoms with E-state index in [1.807, 2.05) is 0 Å². The van der Waals surface area contributed by atoms with Crippen LogP contribution in [0.2, 0.25) is 32.7 Å². The lowest BCUT2D eigenvalue weighted by Gasteiger charge is -2.27. The van der Waals surface area contributed by atoms with Crippen molar-refractivity contribution < 1.29 is 27.6 Å². The van der Waals surface area contributed by atoms with Crippen LogP contribution in [0.5, 0.6) is 0 Å². The molecule has 0 saturated heterocycles. The molecule has 0 aromatic carbocycles. The van der Waals surface area contributed by atoms with Crippen LogP contribution in [0.3, 0.4) is 0 Å². The molecule has 10 heteroatoms. The molecule has 0 aromatic rings. The minimum absolute atomic E-state index is 0.0875. The van der Waals surface area contributed by atoms with E-state index < -0.39 is 28.7 Å². The van der Waals surface area contributed by atoms with E-state index in [0.29, 0.717) is 6.23 Å². The molecule has 1 atom stereocenters. The zero-order chi connectivity index (χ0) is 18.8. The van der Waals surface area contributed by atoms with E-state index in [0.717, 1.165) is 10.9 Å². The van der Waals surface area contributed by atoms with Gasteiger partial charge in [-0.2, -0.15) is 0 Å². The van der Waals surface area contributed by atoms with Crippen LogP contribution < -0.4 is 0 Å². The predicted octanol–water partition coefficient (Wildman–Crippen LogP) is 1.42. The molecule has 0 spiro atoms. The largest absolute Gasteiger partial charge is 0.460 e. The Morgan fingerprint density at radius 3 is 2.38 bits per heavy atom. The lowest BCUT2D eigenvalue weighted by atomic mass is 10.4. The Labute approximate surface area is 152 Å². The van der Waals surface area contributed by atoms with E-state index in [-0.39, 0.29) is 32.7 Å². The highest BCUT2D eigenvalue weighted by Crippen LogP contribution is 2.15. The van der Waals surface area contributed by atoms with E-state index in [2.05, 4.69) is 45.9 Å². The maximum absolute atomic E-state index is 10.9. The summed E-state index contributed by atoms with van der Waals surface area (Å²) in [6, 6.07) is 0. The Kier molecular flexibility index (Phi) is 11.1. The first-order chi connectivity index (χ1) is 11.0. The molecular formula is C14H28O6Si4. The van der Waals surface area contributed by atoms with Gasteiger partial charge in [-0.05, 0) is 37.6 Å². The highest BCUT2D eigenvalue weighted by Gasteiger charge is 2.29. The third-order valence-electron chi connectivity index (χ3n) is 2.59. The number of carbonyl (C=O) groups is 1. The number of esters is 1. The minimum Gasteiger partial charge on any atom is -0.460 e. The smallest absolute Gasteiger partial charge is 0.330 e. The molecular weight excluding hydrogens is 376 g/mol. The van der Waals surface area contributed by atoms with Crippen molar-refractivity contribution in [2.24, 2.45) is 0 Å². The van der Waals surface area contributed by atoms with Gasteiger partial charge in [0.25, 0.3) is 0 Å². The fourth-order valence-corrected chi connectivity index (χ4v) is 7.12. The van der Waals surface area contributed by atoms with Crippen molar-refractivity contribution >= 4 is 42.1 Å². The molecule has 0 aliphatic heterocycles. The van der Waals surface area contributed by atoms with Crippen molar-refractivity contribution in [3.8, 4) is 0 Å². The molecule has 0 fully saturated rings. The van der Waals surface area contributed by atoms with E-state index in [4.69, 9.17) is 17.7 Å². The Balaban J connectivity index is 3.90. The number of hydrogen-bond acceptors (Lipinski definition) is 6. The Morgan fingerprint density at radius 2 is 1.83 bits per heavy atom. The third-order valence-corrected chi connectivity index (χ3v) is 12.2. The van der Waals surface area contributed by atoms with Gasteiger partial charge in [0.1, 0.15) is 12.7 Å². The van der Waals surface area contributed by atoms with E-state index in [9.17, 15) is 9.90 Å². The van der Waals surface area contributed by atoms with Gasteiger partial charge >= 0.3 is 5.97 Å². The van der Waals surface area contributed by atoms with E-state index in [1.54, 1.807) is 0 Å². The van der Waals surface area contributed by atoms with E-state index >= 15 is 0 Å². The molecule has 1 N–H and O–H groups in total. The number of carbonyl (C=O) groups excluding carboxylic acids is 1. The molecule has 6 nitrogen and oxygen atoms in total. The SMILES string of the molecule is C=CC(=O)OCC(O)COC[Si]O[Si](C)(C)C(=C)[Si]O[Si](C)(C)C. The van der Waals surface area contributed by atoms with Crippen LogP contribution in [0.25, 0.3) is 0 Å². The van der Waals surface area contributed by atoms with E-state index in [1.165, 1.54) is 0 Å². The predicted molar refractivity (Wildman–Crippen MR) is 102 cm³/mol. The van der Waals surface area contributed by atoms with Gasteiger partial charge in [0.05, 0.1) is 12.8 Å². The highest BCUT2D eigenvalue weighted by atomic mass is 28.4. The summed E-state index contributed by atoms with van der Waals surface area (Å²) in [4.78, 5) is 11.9. The molecule has 0 rings (SSSR count). The second-order valence-corrected chi connectivity index (χ2v) is 17.9. The van der Waals surface area contributed by atoms with Crippen LogP contribution in [0.1, 0.15) is 0 Å². The van der Waals surface area contributed by atoms with Gasteiger partial charge < -0.3 is 22.8 Å². The van der Waals surface area contributed by atoms with Crippen molar-refractivity contribution in [3.63, 3.8) is 0 Å². The quantitative estimate of drug-likeness (QED) is 0.217. The molecule has 0 saturated carbocycles.